The van der Waals surface area contributed by atoms with E-state index in [1.807, 2.05) is 0 Å². The maximum Gasteiger partial charge on any atom is 0.573 e. The van der Waals surface area contributed by atoms with Crippen molar-refractivity contribution in [3.05, 3.63) is 28.2 Å². The molecule has 0 fully saturated rings. The van der Waals surface area contributed by atoms with Gasteiger partial charge in [0.1, 0.15) is 5.56 Å². The number of ether oxygens (including phenoxy) is 2. The number of rotatable bonds is 3. The molecule has 0 atom stereocenters. The summed E-state index contributed by atoms with van der Waals surface area (Å²) in [5.41, 5.74) is -0.279. The summed E-state index contributed by atoms with van der Waals surface area (Å²) in [4.78, 5) is 11.4. The quantitative estimate of drug-likeness (QED) is 0.801. The predicted molar refractivity (Wildman–Crippen MR) is 56.8 cm³/mol. The first-order chi connectivity index (χ1) is 7.85. The van der Waals surface area contributed by atoms with Gasteiger partial charge in [0.15, 0.2) is 5.75 Å². The fourth-order valence-corrected chi connectivity index (χ4v) is 1.55. The van der Waals surface area contributed by atoms with Gasteiger partial charge in [0.05, 0.1) is 11.1 Å². The summed E-state index contributed by atoms with van der Waals surface area (Å²) in [6.07, 6.45) is -4.87. The van der Waals surface area contributed by atoms with Crippen LogP contribution in [0, 0.1) is 0 Å². The van der Waals surface area contributed by atoms with Gasteiger partial charge in [0.25, 0.3) is 0 Å². The Kier molecular flexibility index (Phi) is 4.39. The largest absolute Gasteiger partial charge is 0.573 e. The zero-order chi connectivity index (χ0) is 13.1. The van der Waals surface area contributed by atoms with Crippen molar-refractivity contribution >= 4 is 21.9 Å². The fourth-order valence-electron chi connectivity index (χ4n) is 1.10. The Hall–Kier alpha value is -1.24. The van der Waals surface area contributed by atoms with Crippen LogP contribution in [0.15, 0.2) is 22.7 Å². The van der Waals surface area contributed by atoms with E-state index < -0.39 is 18.1 Å². The Labute approximate surface area is 104 Å². The monoisotopic (exact) mass is 312 g/mol. The molecule has 0 aromatic heterocycles. The summed E-state index contributed by atoms with van der Waals surface area (Å²) in [5.74, 6) is -1.47. The third-order valence-electron chi connectivity index (χ3n) is 1.68. The average molecular weight is 313 g/mol. The Bertz CT molecular complexity index is 418. The van der Waals surface area contributed by atoms with Crippen molar-refractivity contribution in [1.29, 1.82) is 0 Å². The van der Waals surface area contributed by atoms with Crippen LogP contribution < -0.4 is 4.74 Å². The van der Waals surface area contributed by atoms with Gasteiger partial charge in [-0.3, -0.25) is 0 Å². The molecule has 0 heterocycles. The number of alkyl halides is 3. The van der Waals surface area contributed by atoms with E-state index in [0.717, 1.165) is 0 Å². The predicted octanol–water partition coefficient (Wildman–Crippen LogP) is 3.52. The van der Waals surface area contributed by atoms with Crippen molar-refractivity contribution in [3.63, 3.8) is 0 Å². The van der Waals surface area contributed by atoms with Gasteiger partial charge < -0.3 is 9.47 Å². The number of benzene rings is 1. The first-order valence-electron chi connectivity index (χ1n) is 4.56. The summed E-state index contributed by atoms with van der Waals surface area (Å²) >= 11 is 2.89. The summed E-state index contributed by atoms with van der Waals surface area (Å²) in [6, 6.07) is 3.95. The van der Waals surface area contributed by atoms with Crippen molar-refractivity contribution in [2.24, 2.45) is 0 Å². The minimum absolute atomic E-state index is 0.0281. The smallest absolute Gasteiger partial charge is 0.462 e. The maximum absolute atomic E-state index is 12.2. The SMILES string of the molecule is CCOC(=O)c1cccc(Br)c1OC(F)(F)F. The van der Waals surface area contributed by atoms with E-state index in [9.17, 15) is 18.0 Å². The number of carbonyl (C=O) groups excluding carboxylic acids is 1. The lowest BCUT2D eigenvalue weighted by Crippen LogP contribution is -2.20. The molecule has 1 aromatic rings. The molecule has 0 spiro atoms. The molecule has 0 aliphatic heterocycles. The second-order valence-corrected chi connectivity index (χ2v) is 3.74. The van der Waals surface area contributed by atoms with Crippen molar-refractivity contribution in [1.82, 2.24) is 0 Å². The number of hydrogen-bond donors (Lipinski definition) is 0. The lowest BCUT2D eigenvalue weighted by atomic mass is 10.2. The molecule has 0 saturated carbocycles. The Morgan fingerprint density at radius 3 is 2.59 bits per heavy atom. The molecule has 0 radical (unpaired) electrons. The lowest BCUT2D eigenvalue weighted by Gasteiger charge is -2.13. The van der Waals surface area contributed by atoms with Gasteiger partial charge in [-0.2, -0.15) is 0 Å². The highest BCUT2D eigenvalue weighted by atomic mass is 79.9. The molecule has 0 amide bonds. The van der Waals surface area contributed by atoms with E-state index in [4.69, 9.17) is 0 Å². The van der Waals surface area contributed by atoms with E-state index >= 15 is 0 Å². The van der Waals surface area contributed by atoms with Crippen molar-refractivity contribution in [2.45, 2.75) is 13.3 Å². The molecule has 7 heteroatoms. The Morgan fingerprint density at radius 1 is 1.41 bits per heavy atom. The number of halogens is 4. The zero-order valence-corrected chi connectivity index (χ0v) is 10.3. The van der Waals surface area contributed by atoms with Crippen LogP contribution in [0.3, 0.4) is 0 Å². The molecule has 1 aromatic carbocycles. The Balaban J connectivity index is 3.13. The van der Waals surface area contributed by atoms with Gasteiger partial charge >= 0.3 is 12.3 Å². The van der Waals surface area contributed by atoms with E-state index in [0.29, 0.717) is 0 Å². The molecular formula is C10H8BrF3O3. The molecule has 0 unspecified atom stereocenters. The minimum Gasteiger partial charge on any atom is -0.462 e. The van der Waals surface area contributed by atoms with Crippen LogP contribution >= 0.6 is 15.9 Å². The normalized spacial score (nSPS) is 11.1. The second kappa shape index (κ2) is 5.39. The third kappa shape index (κ3) is 3.92. The standard InChI is InChI=1S/C10H8BrF3O3/c1-2-16-9(15)6-4-3-5-7(11)8(6)17-10(12,13)14/h3-5H,2H2,1H3. The van der Waals surface area contributed by atoms with E-state index in [-0.39, 0.29) is 16.6 Å². The summed E-state index contributed by atoms with van der Waals surface area (Å²) in [7, 11) is 0. The highest BCUT2D eigenvalue weighted by molar-refractivity contribution is 9.10. The molecule has 0 bridgehead atoms. The van der Waals surface area contributed by atoms with Crippen LogP contribution in [-0.4, -0.2) is 18.9 Å². The molecule has 0 aliphatic carbocycles. The van der Waals surface area contributed by atoms with E-state index in [1.54, 1.807) is 6.92 Å². The number of esters is 1. The molecule has 3 nitrogen and oxygen atoms in total. The van der Waals surface area contributed by atoms with Crippen LogP contribution in [-0.2, 0) is 4.74 Å². The fraction of sp³-hybridized carbons (Fsp3) is 0.300. The lowest BCUT2D eigenvalue weighted by molar-refractivity contribution is -0.275. The van der Waals surface area contributed by atoms with E-state index in [1.165, 1.54) is 18.2 Å². The van der Waals surface area contributed by atoms with Crippen LogP contribution in [0.1, 0.15) is 17.3 Å². The highest BCUT2D eigenvalue weighted by Gasteiger charge is 2.34. The van der Waals surface area contributed by atoms with Crippen molar-refractivity contribution < 1.29 is 27.4 Å². The third-order valence-corrected chi connectivity index (χ3v) is 2.30. The minimum atomic E-state index is -4.87. The van der Waals surface area contributed by atoms with E-state index in [2.05, 4.69) is 25.4 Å². The topological polar surface area (TPSA) is 35.5 Å². The Morgan fingerprint density at radius 2 is 2.06 bits per heavy atom. The summed E-state index contributed by atoms with van der Waals surface area (Å²) < 4.78 is 44.9. The van der Waals surface area contributed by atoms with Crippen molar-refractivity contribution in [3.8, 4) is 5.75 Å². The molecular weight excluding hydrogens is 305 g/mol. The zero-order valence-electron chi connectivity index (χ0n) is 8.68. The molecule has 1 rings (SSSR count). The van der Waals surface area contributed by atoms with Gasteiger partial charge in [-0.05, 0) is 35.0 Å². The average Bonchev–Trinajstić information content (AvgIpc) is 2.19. The number of hydrogen-bond acceptors (Lipinski definition) is 3. The molecule has 94 valence electrons. The van der Waals surface area contributed by atoms with Gasteiger partial charge in [-0.1, -0.05) is 6.07 Å². The maximum atomic E-state index is 12.2. The van der Waals surface area contributed by atoms with Gasteiger partial charge in [-0.25, -0.2) is 4.79 Å². The van der Waals surface area contributed by atoms with Gasteiger partial charge in [0.2, 0.25) is 0 Å². The first-order valence-corrected chi connectivity index (χ1v) is 5.36. The van der Waals surface area contributed by atoms with Gasteiger partial charge in [0, 0.05) is 0 Å². The van der Waals surface area contributed by atoms with Crippen LogP contribution in [0.2, 0.25) is 0 Å². The van der Waals surface area contributed by atoms with Crippen LogP contribution in [0.4, 0.5) is 13.2 Å². The molecule has 0 aliphatic rings. The molecule has 17 heavy (non-hydrogen) atoms. The van der Waals surface area contributed by atoms with Crippen molar-refractivity contribution in [2.75, 3.05) is 6.61 Å². The highest BCUT2D eigenvalue weighted by Crippen LogP contribution is 2.34. The molecule has 0 N–H and O–H groups in total. The number of para-hydroxylation sites is 1. The summed E-state index contributed by atoms with van der Waals surface area (Å²) in [6.45, 7) is 1.62. The second-order valence-electron chi connectivity index (χ2n) is 2.88. The molecule has 0 saturated heterocycles. The van der Waals surface area contributed by atoms with Crippen LogP contribution in [0.25, 0.3) is 0 Å². The number of carbonyl (C=O) groups is 1. The van der Waals surface area contributed by atoms with Gasteiger partial charge in [-0.15, -0.1) is 13.2 Å². The first kappa shape index (κ1) is 13.8. The summed E-state index contributed by atoms with van der Waals surface area (Å²) in [5, 5.41) is 0. The van der Waals surface area contributed by atoms with Crippen LogP contribution in [0.5, 0.6) is 5.75 Å².